The van der Waals surface area contributed by atoms with E-state index in [1.165, 1.54) is 0 Å². The molecule has 2 aliphatic heterocycles. The number of carbonyl (C=O) groups is 2. The largest absolute Gasteiger partial charge is 0.466 e. The Morgan fingerprint density at radius 1 is 1.22 bits per heavy atom. The van der Waals surface area contributed by atoms with E-state index in [0.717, 1.165) is 18.5 Å². The molecule has 7 nitrogen and oxygen atoms in total. The van der Waals surface area contributed by atoms with E-state index in [-0.39, 0.29) is 24.0 Å². The molecule has 2 fully saturated rings. The van der Waals surface area contributed by atoms with Gasteiger partial charge in [-0.05, 0) is 44.7 Å². The van der Waals surface area contributed by atoms with Crippen LogP contribution in [0.5, 0.6) is 0 Å². The second kappa shape index (κ2) is 6.79. The van der Waals surface area contributed by atoms with Gasteiger partial charge >= 0.3 is 5.97 Å². The van der Waals surface area contributed by atoms with E-state index < -0.39 is 5.41 Å². The number of hydrogen-bond donors (Lipinski definition) is 0. The highest BCUT2D eigenvalue weighted by atomic mass is 16.5. The summed E-state index contributed by atoms with van der Waals surface area (Å²) in [6.07, 6.45) is 4.76. The summed E-state index contributed by atoms with van der Waals surface area (Å²) in [4.78, 5) is 27.7. The van der Waals surface area contributed by atoms with Gasteiger partial charge in [0, 0.05) is 12.1 Å². The van der Waals surface area contributed by atoms with Gasteiger partial charge in [-0.25, -0.2) is 4.68 Å². The van der Waals surface area contributed by atoms with Gasteiger partial charge in [0.05, 0.1) is 23.9 Å². The lowest BCUT2D eigenvalue weighted by Gasteiger charge is -2.33. The van der Waals surface area contributed by atoms with Gasteiger partial charge in [0.1, 0.15) is 0 Å². The van der Waals surface area contributed by atoms with Crippen LogP contribution in [-0.4, -0.2) is 50.5 Å². The molecule has 1 amide bonds. The Bertz CT molecular complexity index is 850. The van der Waals surface area contributed by atoms with Crippen LogP contribution in [0.2, 0.25) is 0 Å². The summed E-state index contributed by atoms with van der Waals surface area (Å²) in [7, 11) is 0. The number of para-hydroxylation sites is 1. The van der Waals surface area contributed by atoms with Crippen LogP contribution >= 0.6 is 0 Å². The topological polar surface area (TPSA) is 77.3 Å². The molecule has 0 spiro atoms. The second-order valence-corrected chi connectivity index (χ2v) is 7.28. The van der Waals surface area contributed by atoms with E-state index in [1.54, 1.807) is 10.9 Å². The minimum atomic E-state index is -0.593. The van der Waals surface area contributed by atoms with Crippen molar-refractivity contribution in [3.05, 3.63) is 42.2 Å². The van der Waals surface area contributed by atoms with Crippen molar-refractivity contribution < 1.29 is 14.3 Å². The molecule has 0 unspecified atom stereocenters. The molecule has 142 valence electrons. The van der Waals surface area contributed by atoms with E-state index >= 15 is 0 Å². The molecule has 2 aliphatic rings. The molecule has 0 saturated carbocycles. The Morgan fingerprint density at radius 2 is 2.00 bits per heavy atom. The zero-order valence-electron chi connectivity index (χ0n) is 15.7. The smallest absolute Gasteiger partial charge is 0.314 e. The van der Waals surface area contributed by atoms with E-state index in [1.807, 2.05) is 49.1 Å². The third-order valence-electron chi connectivity index (χ3n) is 6.02. The van der Waals surface area contributed by atoms with Crippen molar-refractivity contribution >= 4 is 11.9 Å². The zero-order chi connectivity index (χ0) is 19.0. The molecule has 4 rings (SSSR count). The summed E-state index contributed by atoms with van der Waals surface area (Å²) in [6, 6.07) is 9.50. The number of hydrogen-bond acceptors (Lipinski definition) is 5. The molecule has 7 heteroatoms. The Hall–Kier alpha value is -2.70. The van der Waals surface area contributed by atoms with Gasteiger partial charge in [0.25, 0.3) is 5.91 Å². The standard InChI is InChI=1S/C20H24N4O3/c1-3-20(19(26)27-4-2)12-15-10-11-17(20)24(15)18(25)16-13-23(22-21-16)14-8-6-5-7-9-14/h5-9,13,15,17H,3-4,10-12H2,1-2H3/t15-,17+,20+/m1/s1. The summed E-state index contributed by atoms with van der Waals surface area (Å²) in [5, 5.41) is 8.19. The molecule has 1 aromatic carbocycles. The summed E-state index contributed by atoms with van der Waals surface area (Å²) >= 11 is 0. The molecular weight excluding hydrogens is 344 g/mol. The van der Waals surface area contributed by atoms with Crippen LogP contribution in [-0.2, 0) is 9.53 Å². The van der Waals surface area contributed by atoms with Crippen molar-refractivity contribution in [2.45, 2.75) is 51.6 Å². The zero-order valence-corrected chi connectivity index (χ0v) is 15.7. The monoisotopic (exact) mass is 368 g/mol. The first-order chi connectivity index (χ1) is 13.1. The maximum absolute atomic E-state index is 13.2. The quantitative estimate of drug-likeness (QED) is 0.758. The maximum atomic E-state index is 13.2. The normalized spacial score (nSPS) is 26.4. The number of aromatic nitrogens is 3. The first kappa shape index (κ1) is 17.7. The van der Waals surface area contributed by atoms with Gasteiger partial charge in [0.15, 0.2) is 5.69 Å². The summed E-state index contributed by atoms with van der Waals surface area (Å²) in [5.74, 6) is -0.324. The highest BCUT2D eigenvalue weighted by Gasteiger charge is 2.61. The van der Waals surface area contributed by atoms with E-state index in [9.17, 15) is 9.59 Å². The van der Waals surface area contributed by atoms with E-state index in [0.29, 0.717) is 25.1 Å². The molecule has 0 radical (unpaired) electrons. The SMILES string of the molecule is CCOC(=O)[C@@]1(CC)C[C@H]2CC[C@@H]1N2C(=O)c1cn(-c2ccccc2)nn1. The molecule has 2 saturated heterocycles. The van der Waals surface area contributed by atoms with Crippen LogP contribution in [0.25, 0.3) is 5.69 Å². The van der Waals surface area contributed by atoms with Crippen molar-refractivity contribution in [1.82, 2.24) is 19.9 Å². The van der Waals surface area contributed by atoms with Crippen LogP contribution in [0.1, 0.15) is 50.0 Å². The number of benzene rings is 1. The van der Waals surface area contributed by atoms with E-state index in [2.05, 4.69) is 10.3 Å². The lowest BCUT2D eigenvalue weighted by atomic mass is 9.72. The van der Waals surface area contributed by atoms with Crippen molar-refractivity contribution in [3.63, 3.8) is 0 Å². The summed E-state index contributed by atoms with van der Waals surface area (Å²) < 4.78 is 6.96. The fourth-order valence-corrected chi connectivity index (χ4v) is 4.71. The average molecular weight is 368 g/mol. The van der Waals surface area contributed by atoms with Crippen LogP contribution < -0.4 is 0 Å². The summed E-state index contributed by atoms with van der Waals surface area (Å²) in [5.41, 5.74) is 0.568. The fraction of sp³-hybridized carbons (Fsp3) is 0.500. The number of amides is 1. The van der Waals surface area contributed by atoms with Crippen molar-refractivity contribution in [2.24, 2.45) is 5.41 Å². The molecule has 0 aliphatic carbocycles. The molecular formula is C20H24N4O3. The van der Waals surface area contributed by atoms with Crippen molar-refractivity contribution in [1.29, 1.82) is 0 Å². The third kappa shape index (κ3) is 2.72. The van der Waals surface area contributed by atoms with Gasteiger partial charge in [-0.15, -0.1) is 5.10 Å². The minimum absolute atomic E-state index is 0.0636. The van der Waals surface area contributed by atoms with Crippen molar-refractivity contribution in [3.8, 4) is 5.69 Å². The maximum Gasteiger partial charge on any atom is 0.314 e. The van der Waals surface area contributed by atoms with Gasteiger partial charge in [0.2, 0.25) is 0 Å². The van der Waals surface area contributed by atoms with Crippen molar-refractivity contribution in [2.75, 3.05) is 6.61 Å². The van der Waals surface area contributed by atoms with Gasteiger partial charge in [-0.2, -0.15) is 0 Å². The van der Waals surface area contributed by atoms with Crippen LogP contribution in [0.15, 0.2) is 36.5 Å². The Labute approximate surface area is 158 Å². The van der Waals surface area contributed by atoms with Crippen LogP contribution in [0.3, 0.4) is 0 Å². The minimum Gasteiger partial charge on any atom is -0.466 e. The van der Waals surface area contributed by atoms with Gasteiger partial charge in [-0.3, -0.25) is 9.59 Å². The molecule has 1 aromatic heterocycles. The van der Waals surface area contributed by atoms with Crippen LogP contribution in [0.4, 0.5) is 0 Å². The Kier molecular flexibility index (Phi) is 4.45. The lowest BCUT2D eigenvalue weighted by molar-refractivity contribution is -0.157. The number of fused-ring (bicyclic) bond motifs is 2. The lowest BCUT2D eigenvalue weighted by Crippen LogP contribution is -2.45. The predicted molar refractivity (Wildman–Crippen MR) is 98.3 cm³/mol. The number of ether oxygens (including phenoxy) is 1. The average Bonchev–Trinajstić information content (AvgIpc) is 3.42. The molecule has 2 aromatic rings. The van der Waals surface area contributed by atoms with Crippen LogP contribution in [0, 0.1) is 5.41 Å². The number of carbonyl (C=O) groups excluding carboxylic acids is 2. The number of nitrogens with zero attached hydrogens (tertiary/aromatic N) is 4. The molecule has 3 heterocycles. The molecule has 27 heavy (non-hydrogen) atoms. The summed E-state index contributed by atoms with van der Waals surface area (Å²) in [6.45, 7) is 4.18. The second-order valence-electron chi connectivity index (χ2n) is 7.28. The number of rotatable bonds is 5. The fourth-order valence-electron chi connectivity index (χ4n) is 4.71. The number of esters is 1. The first-order valence-electron chi connectivity index (χ1n) is 9.58. The highest BCUT2D eigenvalue weighted by Crippen LogP contribution is 2.52. The molecule has 0 N–H and O–H groups in total. The first-order valence-corrected chi connectivity index (χ1v) is 9.58. The molecule has 3 atom stereocenters. The van der Waals surface area contributed by atoms with E-state index in [4.69, 9.17) is 4.74 Å². The Balaban J connectivity index is 1.60. The highest BCUT2D eigenvalue weighted by molar-refractivity contribution is 5.94. The Morgan fingerprint density at radius 3 is 2.70 bits per heavy atom. The van der Waals surface area contributed by atoms with Gasteiger partial charge < -0.3 is 9.64 Å². The molecule has 2 bridgehead atoms. The predicted octanol–water partition coefficient (Wildman–Crippen LogP) is 2.60. The van der Waals surface area contributed by atoms with Gasteiger partial charge in [-0.1, -0.05) is 30.3 Å². The third-order valence-corrected chi connectivity index (χ3v) is 6.02.